The summed E-state index contributed by atoms with van der Waals surface area (Å²) in [5.41, 5.74) is 3.54. The second kappa shape index (κ2) is 9.38. The van der Waals surface area contributed by atoms with Crippen molar-refractivity contribution in [2.45, 2.75) is 22.8 Å². The highest BCUT2D eigenvalue weighted by molar-refractivity contribution is 6.38. The number of esters is 1. The van der Waals surface area contributed by atoms with Gasteiger partial charge in [0, 0.05) is 5.56 Å². The lowest BCUT2D eigenvalue weighted by molar-refractivity contribution is -0.122. The van der Waals surface area contributed by atoms with Gasteiger partial charge in [-0.1, -0.05) is 84.9 Å². The number of hydrogen-bond acceptors (Lipinski definition) is 5. The Bertz CT molecular complexity index is 1700. The van der Waals surface area contributed by atoms with Crippen LogP contribution in [0.4, 0.5) is 5.69 Å². The summed E-state index contributed by atoms with van der Waals surface area (Å²) in [6.45, 7) is 1.50. The van der Waals surface area contributed by atoms with Crippen molar-refractivity contribution < 1.29 is 23.9 Å². The van der Waals surface area contributed by atoms with Crippen molar-refractivity contribution in [2.75, 3.05) is 4.90 Å². The van der Waals surface area contributed by atoms with Crippen molar-refractivity contribution in [2.24, 2.45) is 11.8 Å². The molecule has 1 fully saturated rings. The van der Waals surface area contributed by atoms with Crippen molar-refractivity contribution in [1.82, 2.24) is 0 Å². The first-order valence-corrected chi connectivity index (χ1v) is 14.3. The van der Waals surface area contributed by atoms with Gasteiger partial charge in [0.25, 0.3) is 0 Å². The van der Waals surface area contributed by atoms with E-state index >= 15 is 0 Å². The number of hydrogen-bond donors (Lipinski definition) is 0. The standard InChI is InChI=1S/C34H23Cl2NO5/c1-19(29(38)20-10-3-2-4-11-20)42-32(41)21-12-9-13-22(18-21)37-30(39)27-28(31(37)40)34(36)24-15-6-5-14-23(24)33(27,35)25-16-7-8-17-26(25)34/h2-19,27-28H,1H3/t19-,27-,28+,33?,34?/m1/s1. The predicted octanol–water partition coefficient (Wildman–Crippen LogP) is 6.21. The Labute approximate surface area is 251 Å². The molecule has 3 aliphatic carbocycles. The van der Waals surface area contributed by atoms with Crippen LogP contribution >= 0.6 is 23.2 Å². The molecule has 0 saturated carbocycles. The van der Waals surface area contributed by atoms with Gasteiger partial charge in [-0.05, 0) is 47.4 Å². The van der Waals surface area contributed by atoms with E-state index in [1.165, 1.54) is 19.1 Å². The van der Waals surface area contributed by atoms with Gasteiger partial charge in [-0.2, -0.15) is 0 Å². The third kappa shape index (κ3) is 3.45. The summed E-state index contributed by atoms with van der Waals surface area (Å²) < 4.78 is 5.46. The second-order valence-corrected chi connectivity index (χ2v) is 12.0. The van der Waals surface area contributed by atoms with Gasteiger partial charge in [-0.3, -0.25) is 14.4 Å². The monoisotopic (exact) mass is 595 g/mol. The molecule has 4 aromatic carbocycles. The van der Waals surface area contributed by atoms with E-state index in [4.69, 9.17) is 27.9 Å². The number of carbonyl (C=O) groups is 4. The fourth-order valence-electron chi connectivity index (χ4n) is 6.81. The number of halogens is 2. The number of nitrogens with zero attached hydrogens (tertiary/aromatic N) is 1. The molecule has 208 valence electrons. The molecular weight excluding hydrogens is 573 g/mol. The lowest BCUT2D eigenvalue weighted by Crippen LogP contribution is -2.57. The van der Waals surface area contributed by atoms with E-state index in [9.17, 15) is 19.2 Å². The number of ketones is 1. The molecule has 0 aromatic heterocycles. The van der Waals surface area contributed by atoms with E-state index in [1.807, 2.05) is 48.5 Å². The maximum atomic E-state index is 14.2. The van der Waals surface area contributed by atoms with E-state index in [0.717, 1.165) is 4.90 Å². The van der Waals surface area contributed by atoms with Gasteiger partial charge < -0.3 is 4.74 Å². The zero-order valence-corrected chi connectivity index (χ0v) is 23.8. The number of benzene rings is 4. The minimum Gasteiger partial charge on any atom is -0.451 e. The number of carbonyl (C=O) groups excluding carboxylic acids is 4. The van der Waals surface area contributed by atoms with Crippen LogP contribution in [-0.4, -0.2) is 29.7 Å². The quantitative estimate of drug-likeness (QED) is 0.118. The fourth-order valence-corrected chi connectivity index (χ4v) is 7.91. The second-order valence-electron chi connectivity index (χ2n) is 10.8. The Morgan fingerprint density at radius 3 is 1.64 bits per heavy atom. The Morgan fingerprint density at radius 2 is 1.14 bits per heavy atom. The number of ether oxygens (including phenoxy) is 1. The molecule has 8 rings (SSSR count). The Kier molecular flexibility index (Phi) is 5.95. The number of amides is 2. The molecule has 3 atom stereocenters. The number of imide groups is 1. The molecule has 2 bridgehead atoms. The number of anilines is 1. The molecule has 0 radical (unpaired) electrons. The number of Topliss-reactive ketones (excluding diaryl/α,β-unsaturated/α-hetero) is 1. The SMILES string of the molecule is C[C@@H](OC(=O)c1cccc(N2C(=O)[C@@H]3[C@H](C2=O)C2(Cl)c4ccccc4C3(Cl)c3ccccc32)c1)C(=O)c1ccccc1. The molecule has 0 spiro atoms. The van der Waals surface area contributed by atoms with Gasteiger partial charge in [-0.15, -0.1) is 23.2 Å². The van der Waals surface area contributed by atoms with Crippen molar-refractivity contribution in [3.05, 3.63) is 137 Å². The maximum Gasteiger partial charge on any atom is 0.338 e. The summed E-state index contributed by atoms with van der Waals surface area (Å²) >= 11 is 15.0. The largest absolute Gasteiger partial charge is 0.451 e. The van der Waals surface area contributed by atoms with Crippen LogP contribution in [0.5, 0.6) is 0 Å². The fraction of sp³-hybridized carbons (Fsp3) is 0.176. The molecule has 4 aliphatic rings. The summed E-state index contributed by atoms with van der Waals surface area (Å²) in [4.78, 5) is 52.7. The first-order chi connectivity index (χ1) is 20.2. The van der Waals surface area contributed by atoms with Gasteiger partial charge in [0.15, 0.2) is 6.10 Å². The summed E-state index contributed by atoms with van der Waals surface area (Å²) in [5.74, 6) is -4.02. The smallest absolute Gasteiger partial charge is 0.338 e. The van der Waals surface area contributed by atoms with Gasteiger partial charge in [0.1, 0.15) is 9.75 Å². The third-order valence-corrected chi connectivity index (χ3v) is 9.92. The average molecular weight is 596 g/mol. The maximum absolute atomic E-state index is 14.2. The predicted molar refractivity (Wildman–Crippen MR) is 158 cm³/mol. The molecule has 2 amide bonds. The highest BCUT2D eigenvalue weighted by atomic mass is 35.5. The first kappa shape index (κ1) is 26.6. The molecule has 8 heteroatoms. The normalized spacial score (nSPS) is 25.8. The highest BCUT2D eigenvalue weighted by Crippen LogP contribution is 2.69. The summed E-state index contributed by atoms with van der Waals surface area (Å²) in [7, 11) is 0. The summed E-state index contributed by atoms with van der Waals surface area (Å²) in [6.07, 6.45) is -1.04. The van der Waals surface area contributed by atoms with Crippen LogP contribution in [0.3, 0.4) is 0 Å². The van der Waals surface area contributed by atoms with Crippen molar-refractivity contribution in [3.8, 4) is 0 Å². The minimum atomic E-state index is -1.31. The molecule has 0 unspecified atom stereocenters. The Hall–Kier alpha value is -4.26. The summed E-state index contributed by atoms with van der Waals surface area (Å²) in [6, 6.07) is 29.4. The van der Waals surface area contributed by atoms with E-state index in [2.05, 4.69) is 0 Å². The average Bonchev–Trinajstić information content (AvgIpc) is 3.30. The lowest BCUT2D eigenvalue weighted by Gasteiger charge is -2.54. The van der Waals surface area contributed by atoms with E-state index < -0.39 is 45.5 Å². The van der Waals surface area contributed by atoms with Crippen LogP contribution in [0.25, 0.3) is 0 Å². The van der Waals surface area contributed by atoms with E-state index in [0.29, 0.717) is 27.8 Å². The zero-order valence-electron chi connectivity index (χ0n) is 22.3. The molecular formula is C34H23Cl2NO5. The van der Waals surface area contributed by atoms with Crippen molar-refractivity contribution in [1.29, 1.82) is 0 Å². The Balaban J connectivity index is 1.25. The molecule has 0 N–H and O–H groups in total. The van der Waals surface area contributed by atoms with Gasteiger partial charge in [-0.25, -0.2) is 9.69 Å². The van der Waals surface area contributed by atoms with Crippen molar-refractivity contribution in [3.63, 3.8) is 0 Å². The van der Waals surface area contributed by atoms with Crippen molar-refractivity contribution >= 4 is 52.5 Å². The number of rotatable bonds is 5. The third-order valence-electron chi connectivity index (χ3n) is 8.64. The lowest BCUT2D eigenvalue weighted by atomic mass is 9.54. The molecule has 1 heterocycles. The van der Waals surface area contributed by atoms with Gasteiger partial charge >= 0.3 is 5.97 Å². The van der Waals surface area contributed by atoms with Crippen LogP contribution < -0.4 is 4.90 Å². The molecule has 4 aromatic rings. The van der Waals surface area contributed by atoms with Crippen LogP contribution in [0.2, 0.25) is 0 Å². The highest BCUT2D eigenvalue weighted by Gasteiger charge is 2.73. The van der Waals surface area contributed by atoms with E-state index in [1.54, 1.807) is 42.5 Å². The van der Waals surface area contributed by atoms with E-state index in [-0.39, 0.29) is 17.0 Å². The molecule has 1 saturated heterocycles. The zero-order chi connectivity index (χ0) is 29.4. The first-order valence-electron chi connectivity index (χ1n) is 13.5. The number of alkyl halides is 2. The molecule has 1 aliphatic heterocycles. The van der Waals surface area contributed by atoms with Crippen LogP contribution in [-0.2, 0) is 24.1 Å². The van der Waals surface area contributed by atoms with Crippen LogP contribution in [0, 0.1) is 11.8 Å². The van der Waals surface area contributed by atoms with Gasteiger partial charge in [0.05, 0.1) is 23.1 Å². The van der Waals surface area contributed by atoms with Crippen LogP contribution in [0.15, 0.2) is 103 Å². The topological polar surface area (TPSA) is 80.8 Å². The molecule has 6 nitrogen and oxygen atoms in total. The minimum absolute atomic E-state index is 0.0893. The van der Waals surface area contributed by atoms with Crippen LogP contribution in [0.1, 0.15) is 49.9 Å². The summed E-state index contributed by atoms with van der Waals surface area (Å²) in [5, 5.41) is 0. The van der Waals surface area contributed by atoms with Gasteiger partial charge in [0.2, 0.25) is 17.6 Å². The Morgan fingerprint density at radius 1 is 0.690 bits per heavy atom. The molecule has 42 heavy (non-hydrogen) atoms.